The predicted molar refractivity (Wildman–Crippen MR) is 59.7 cm³/mol. The average molecular weight is 227 g/mol. The largest absolute Gasteiger partial charge is 0.390 e. The van der Waals surface area contributed by atoms with Crippen LogP contribution in [-0.2, 0) is 4.79 Å². The van der Waals surface area contributed by atoms with Crippen LogP contribution >= 0.6 is 0 Å². The number of rotatable bonds is 4. The van der Waals surface area contributed by atoms with Crippen LogP contribution in [0.25, 0.3) is 0 Å². The number of carbonyl (C=O) groups is 1. The minimum Gasteiger partial charge on any atom is -0.390 e. The standard InChI is InChI=1S/C9H17N5O2/c1-9(2,3)12-6(15)4-5-11-8-14-13-7(10)16-8/h4-5H2,1-3H3,(H2,10,13)(H,11,14)(H,12,15). The molecule has 0 saturated carbocycles. The van der Waals surface area contributed by atoms with Gasteiger partial charge in [-0.25, -0.2) is 0 Å². The quantitative estimate of drug-likeness (QED) is 0.686. The van der Waals surface area contributed by atoms with E-state index in [1.165, 1.54) is 0 Å². The maximum absolute atomic E-state index is 11.4. The highest BCUT2D eigenvalue weighted by Gasteiger charge is 2.13. The lowest BCUT2D eigenvalue weighted by Gasteiger charge is -2.20. The number of aromatic nitrogens is 2. The lowest BCUT2D eigenvalue weighted by atomic mass is 10.1. The maximum Gasteiger partial charge on any atom is 0.316 e. The molecular formula is C9H17N5O2. The molecule has 1 aromatic heterocycles. The Morgan fingerprint density at radius 2 is 2.12 bits per heavy atom. The summed E-state index contributed by atoms with van der Waals surface area (Å²) < 4.78 is 4.88. The molecule has 0 aliphatic carbocycles. The van der Waals surface area contributed by atoms with Crippen LogP contribution < -0.4 is 16.4 Å². The van der Waals surface area contributed by atoms with Gasteiger partial charge in [-0.15, -0.1) is 0 Å². The number of nitrogens with two attached hydrogens (primary N) is 1. The molecule has 0 unspecified atom stereocenters. The summed E-state index contributed by atoms with van der Waals surface area (Å²) >= 11 is 0. The highest BCUT2D eigenvalue weighted by Crippen LogP contribution is 2.05. The van der Waals surface area contributed by atoms with E-state index in [4.69, 9.17) is 10.2 Å². The summed E-state index contributed by atoms with van der Waals surface area (Å²) in [5.74, 6) is -0.0347. The number of nitrogens with zero attached hydrogens (tertiary/aromatic N) is 2. The van der Waals surface area contributed by atoms with Gasteiger partial charge < -0.3 is 20.8 Å². The third-order valence-electron chi connectivity index (χ3n) is 1.58. The second-order valence-corrected chi connectivity index (χ2v) is 4.42. The number of carbonyl (C=O) groups excluding carboxylic acids is 1. The van der Waals surface area contributed by atoms with Crippen molar-refractivity contribution in [3.8, 4) is 0 Å². The molecule has 0 aliphatic rings. The van der Waals surface area contributed by atoms with E-state index in [2.05, 4.69) is 20.8 Å². The lowest BCUT2D eigenvalue weighted by Crippen LogP contribution is -2.41. The van der Waals surface area contributed by atoms with E-state index >= 15 is 0 Å². The number of hydrogen-bond donors (Lipinski definition) is 3. The topological polar surface area (TPSA) is 106 Å². The van der Waals surface area contributed by atoms with Gasteiger partial charge in [-0.05, 0) is 20.8 Å². The van der Waals surface area contributed by atoms with Crippen molar-refractivity contribution in [1.29, 1.82) is 0 Å². The predicted octanol–water partition coefficient (Wildman–Crippen LogP) is 0.368. The van der Waals surface area contributed by atoms with Gasteiger partial charge in [0.2, 0.25) is 5.91 Å². The van der Waals surface area contributed by atoms with Crippen molar-refractivity contribution in [2.24, 2.45) is 0 Å². The van der Waals surface area contributed by atoms with Crippen LogP contribution in [0.4, 0.5) is 12.0 Å². The van der Waals surface area contributed by atoms with Crippen molar-refractivity contribution in [1.82, 2.24) is 15.5 Å². The Balaban J connectivity index is 2.23. The molecule has 0 aromatic carbocycles. The van der Waals surface area contributed by atoms with Crippen LogP contribution in [0.2, 0.25) is 0 Å². The molecule has 7 heteroatoms. The summed E-state index contributed by atoms with van der Waals surface area (Å²) in [6.07, 6.45) is 0.333. The fourth-order valence-corrected chi connectivity index (χ4v) is 1.07. The maximum atomic E-state index is 11.4. The van der Waals surface area contributed by atoms with Gasteiger partial charge in [-0.2, -0.15) is 0 Å². The zero-order chi connectivity index (χ0) is 12.2. The zero-order valence-electron chi connectivity index (χ0n) is 9.70. The number of amides is 1. The molecule has 0 bridgehead atoms. The first-order valence-corrected chi connectivity index (χ1v) is 5.01. The average Bonchev–Trinajstić information content (AvgIpc) is 2.48. The molecule has 16 heavy (non-hydrogen) atoms. The first-order chi connectivity index (χ1) is 7.37. The van der Waals surface area contributed by atoms with Gasteiger partial charge in [-0.1, -0.05) is 10.2 Å². The van der Waals surface area contributed by atoms with Crippen LogP contribution in [0.5, 0.6) is 0 Å². The zero-order valence-corrected chi connectivity index (χ0v) is 9.70. The molecule has 0 aliphatic heterocycles. The fraction of sp³-hybridized carbons (Fsp3) is 0.667. The van der Waals surface area contributed by atoms with E-state index < -0.39 is 0 Å². The second-order valence-electron chi connectivity index (χ2n) is 4.42. The molecule has 0 spiro atoms. The number of nitrogen functional groups attached to an aromatic ring is 1. The van der Waals surface area contributed by atoms with Gasteiger partial charge >= 0.3 is 12.0 Å². The van der Waals surface area contributed by atoms with Crippen LogP contribution in [0.3, 0.4) is 0 Å². The number of hydrogen-bond acceptors (Lipinski definition) is 6. The van der Waals surface area contributed by atoms with Crippen LogP contribution in [0, 0.1) is 0 Å². The molecule has 7 nitrogen and oxygen atoms in total. The molecule has 90 valence electrons. The Morgan fingerprint density at radius 3 is 2.62 bits per heavy atom. The highest BCUT2D eigenvalue weighted by atomic mass is 16.4. The number of anilines is 2. The summed E-state index contributed by atoms with van der Waals surface area (Å²) in [5.41, 5.74) is 5.02. The highest BCUT2D eigenvalue weighted by molar-refractivity contribution is 5.77. The van der Waals surface area contributed by atoms with Crippen LogP contribution in [0.15, 0.2) is 4.42 Å². The molecule has 0 saturated heterocycles. The Bertz CT molecular complexity index is 355. The van der Waals surface area contributed by atoms with E-state index in [0.29, 0.717) is 13.0 Å². The molecule has 1 amide bonds. The van der Waals surface area contributed by atoms with Crippen molar-refractivity contribution in [3.05, 3.63) is 0 Å². The first-order valence-electron chi connectivity index (χ1n) is 5.01. The van der Waals surface area contributed by atoms with E-state index in [-0.39, 0.29) is 23.5 Å². The van der Waals surface area contributed by atoms with E-state index in [1.54, 1.807) is 0 Å². The van der Waals surface area contributed by atoms with Gasteiger partial charge in [0.25, 0.3) is 0 Å². The molecule has 1 aromatic rings. The summed E-state index contributed by atoms with van der Waals surface area (Å²) in [4.78, 5) is 11.4. The molecule has 0 radical (unpaired) electrons. The van der Waals surface area contributed by atoms with Crippen molar-refractivity contribution in [2.75, 3.05) is 17.6 Å². The molecular weight excluding hydrogens is 210 g/mol. The summed E-state index contributed by atoms with van der Waals surface area (Å²) in [5, 5.41) is 12.7. The van der Waals surface area contributed by atoms with Gasteiger partial charge in [0.05, 0.1) is 0 Å². The Kier molecular flexibility index (Phi) is 3.70. The van der Waals surface area contributed by atoms with Gasteiger partial charge in [0.15, 0.2) is 0 Å². The molecule has 4 N–H and O–H groups in total. The second kappa shape index (κ2) is 4.82. The Morgan fingerprint density at radius 1 is 1.44 bits per heavy atom. The molecule has 0 fully saturated rings. The molecule has 1 rings (SSSR count). The summed E-state index contributed by atoms with van der Waals surface area (Å²) in [6, 6.07) is 0.225. The molecule has 0 atom stereocenters. The summed E-state index contributed by atoms with van der Waals surface area (Å²) in [7, 11) is 0. The third-order valence-corrected chi connectivity index (χ3v) is 1.58. The number of nitrogens with one attached hydrogen (secondary N) is 2. The minimum atomic E-state index is -0.216. The fourth-order valence-electron chi connectivity index (χ4n) is 1.07. The Labute approximate surface area is 93.8 Å². The summed E-state index contributed by atoms with van der Waals surface area (Å²) in [6.45, 7) is 6.20. The first kappa shape index (κ1) is 12.3. The van der Waals surface area contributed by atoms with Crippen molar-refractivity contribution in [2.45, 2.75) is 32.7 Å². The normalized spacial score (nSPS) is 11.2. The third kappa shape index (κ3) is 4.63. The SMILES string of the molecule is CC(C)(C)NC(=O)CCNc1nnc(N)o1. The van der Waals surface area contributed by atoms with Crippen molar-refractivity contribution in [3.63, 3.8) is 0 Å². The lowest BCUT2D eigenvalue weighted by molar-refractivity contribution is -0.122. The smallest absolute Gasteiger partial charge is 0.316 e. The molecule has 1 heterocycles. The van der Waals surface area contributed by atoms with E-state index in [1.807, 2.05) is 20.8 Å². The monoisotopic (exact) mass is 227 g/mol. The van der Waals surface area contributed by atoms with Gasteiger partial charge in [0, 0.05) is 18.5 Å². The van der Waals surface area contributed by atoms with E-state index in [0.717, 1.165) is 0 Å². The van der Waals surface area contributed by atoms with Crippen LogP contribution in [0.1, 0.15) is 27.2 Å². The van der Waals surface area contributed by atoms with Crippen molar-refractivity contribution >= 4 is 17.9 Å². The van der Waals surface area contributed by atoms with Gasteiger partial charge in [0.1, 0.15) is 0 Å². The van der Waals surface area contributed by atoms with Gasteiger partial charge in [-0.3, -0.25) is 4.79 Å². The Hall–Kier alpha value is -1.79. The van der Waals surface area contributed by atoms with E-state index in [9.17, 15) is 4.79 Å². The van der Waals surface area contributed by atoms with Crippen molar-refractivity contribution < 1.29 is 9.21 Å². The minimum absolute atomic E-state index is 0.00152. The van der Waals surface area contributed by atoms with Crippen LogP contribution in [-0.4, -0.2) is 28.2 Å².